The Kier molecular flexibility index (Phi) is 7.09. The molecular formula is C25H20F3N3O5. The van der Waals surface area contributed by atoms with Gasteiger partial charge in [0.15, 0.2) is 5.69 Å². The molecule has 0 bridgehead atoms. The summed E-state index contributed by atoms with van der Waals surface area (Å²) in [6.07, 6.45) is -4.75. The standard InChI is InChI=1S/C25H20F3N3O5/c1-34-19-8-2-16(3-9-19)14-31-22(23(24(32)33)29-30-31)15-35-20-10-4-17(5-11-20)18-6-12-21(13-7-18)36-25(26,27)28/h2-13H,14-15H2,1H3,(H,32,33). The number of nitrogens with zero attached hydrogens (tertiary/aromatic N) is 3. The van der Waals surface area contributed by atoms with Crippen LogP contribution in [-0.2, 0) is 13.2 Å². The van der Waals surface area contributed by atoms with E-state index in [2.05, 4.69) is 15.0 Å². The van der Waals surface area contributed by atoms with Gasteiger partial charge in [-0.25, -0.2) is 9.48 Å². The van der Waals surface area contributed by atoms with E-state index in [0.29, 0.717) is 22.8 Å². The maximum absolute atomic E-state index is 12.3. The molecule has 11 heteroatoms. The van der Waals surface area contributed by atoms with E-state index < -0.39 is 12.3 Å². The molecule has 36 heavy (non-hydrogen) atoms. The van der Waals surface area contributed by atoms with Gasteiger partial charge in [-0.2, -0.15) is 0 Å². The molecule has 1 N–H and O–H groups in total. The Bertz CT molecular complexity index is 1320. The molecule has 0 unspecified atom stereocenters. The summed E-state index contributed by atoms with van der Waals surface area (Å²) in [7, 11) is 1.57. The van der Waals surface area contributed by atoms with Crippen molar-refractivity contribution in [2.45, 2.75) is 19.5 Å². The predicted molar refractivity (Wildman–Crippen MR) is 122 cm³/mol. The second-order valence-corrected chi connectivity index (χ2v) is 7.58. The fraction of sp³-hybridized carbons (Fsp3) is 0.160. The number of rotatable bonds is 9. The normalized spacial score (nSPS) is 11.2. The van der Waals surface area contributed by atoms with Crippen LogP contribution in [0.15, 0.2) is 72.8 Å². The molecule has 0 saturated heterocycles. The van der Waals surface area contributed by atoms with Crippen LogP contribution in [0.3, 0.4) is 0 Å². The molecule has 0 fully saturated rings. The van der Waals surface area contributed by atoms with E-state index in [4.69, 9.17) is 9.47 Å². The summed E-state index contributed by atoms with van der Waals surface area (Å²) in [4.78, 5) is 11.6. The van der Waals surface area contributed by atoms with Gasteiger partial charge < -0.3 is 19.3 Å². The molecule has 0 saturated carbocycles. The highest BCUT2D eigenvalue weighted by molar-refractivity contribution is 5.86. The smallest absolute Gasteiger partial charge is 0.497 e. The van der Waals surface area contributed by atoms with Crippen LogP contribution in [0.2, 0.25) is 0 Å². The van der Waals surface area contributed by atoms with Crippen LogP contribution < -0.4 is 14.2 Å². The van der Waals surface area contributed by atoms with Gasteiger partial charge in [-0.1, -0.05) is 41.6 Å². The summed E-state index contributed by atoms with van der Waals surface area (Å²) < 4.78 is 53.3. The van der Waals surface area contributed by atoms with E-state index >= 15 is 0 Å². The van der Waals surface area contributed by atoms with Crippen LogP contribution in [0.5, 0.6) is 17.2 Å². The first-order chi connectivity index (χ1) is 17.2. The number of hydrogen-bond donors (Lipinski definition) is 1. The van der Waals surface area contributed by atoms with Gasteiger partial charge in [0.2, 0.25) is 0 Å². The summed E-state index contributed by atoms with van der Waals surface area (Å²) in [6, 6.07) is 19.6. The van der Waals surface area contributed by atoms with E-state index in [9.17, 15) is 23.1 Å². The lowest BCUT2D eigenvalue weighted by atomic mass is 10.1. The summed E-state index contributed by atoms with van der Waals surface area (Å²) in [5.74, 6) is -0.367. The first-order valence-electron chi connectivity index (χ1n) is 10.6. The van der Waals surface area contributed by atoms with Gasteiger partial charge >= 0.3 is 12.3 Å². The van der Waals surface area contributed by atoms with Crippen molar-refractivity contribution in [1.29, 1.82) is 0 Å². The largest absolute Gasteiger partial charge is 0.573 e. The summed E-state index contributed by atoms with van der Waals surface area (Å²) in [6.45, 7) is 0.198. The maximum atomic E-state index is 12.3. The van der Waals surface area contributed by atoms with Crippen LogP contribution in [0.1, 0.15) is 21.7 Å². The fourth-order valence-corrected chi connectivity index (χ4v) is 3.42. The minimum Gasteiger partial charge on any atom is -0.497 e. The Balaban J connectivity index is 1.45. The van der Waals surface area contributed by atoms with Crippen molar-refractivity contribution in [2.75, 3.05) is 7.11 Å². The van der Waals surface area contributed by atoms with Crippen molar-refractivity contribution in [2.24, 2.45) is 0 Å². The van der Waals surface area contributed by atoms with Crippen LogP contribution >= 0.6 is 0 Å². The zero-order valence-corrected chi connectivity index (χ0v) is 18.9. The number of methoxy groups -OCH3 is 1. The molecule has 0 aliphatic rings. The molecule has 1 heterocycles. The molecule has 0 spiro atoms. The van der Waals surface area contributed by atoms with Gasteiger partial charge in [0.05, 0.1) is 13.7 Å². The number of carboxylic acids is 1. The van der Waals surface area contributed by atoms with E-state index in [1.807, 2.05) is 12.1 Å². The molecule has 4 aromatic rings. The Morgan fingerprint density at radius 2 is 1.44 bits per heavy atom. The molecular weight excluding hydrogens is 479 g/mol. The monoisotopic (exact) mass is 499 g/mol. The van der Waals surface area contributed by atoms with Gasteiger partial charge in [0.1, 0.15) is 29.5 Å². The van der Waals surface area contributed by atoms with Gasteiger partial charge in [-0.15, -0.1) is 18.3 Å². The Morgan fingerprint density at radius 3 is 1.97 bits per heavy atom. The number of hydrogen-bond acceptors (Lipinski definition) is 6. The predicted octanol–water partition coefficient (Wildman–Crippen LogP) is 5.18. The van der Waals surface area contributed by atoms with Gasteiger partial charge in [0, 0.05) is 0 Å². The number of ether oxygens (including phenoxy) is 3. The van der Waals surface area contributed by atoms with E-state index in [1.165, 1.54) is 28.9 Å². The molecule has 0 aliphatic heterocycles. The molecule has 3 aromatic carbocycles. The molecule has 8 nitrogen and oxygen atoms in total. The van der Waals surface area contributed by atoms with Crippen LogP contribution in [0.4, 0.5) is 13.2 Å². The number of benzene rings is 3. The summed E-state index contributed by atoms with van der Waals surface area (Å²) in [5, 5.41) is 17.2. The quantitative estimate of drug-likeness (QED) is 0.339. The number of aromatic nitrogens is 3. The van der Waals surface area contributed by atoms with E-state index in [-0.39, 0.29) is 24.6 Å². The minimum atomic E-state index is -4.75. The van der Waals surface area contributed by atoms with Crippen molar-refractivity contribution < 1.29 is 37.3 Å². The lowest BCUT2D eigenvalue weighted by Gasteiger charge is -2.11. The highest BCUT2D eigenvalue weighted by Crippen LogP contribution is 2.28. The lowest BCUT2D eigenvalue weighted by molar-refractivity contribution is -0.274. The molecule has 4 rings (SSSR count). The third-order valence-corrected chi connectivity index (χ3v) is 5.18. The first kappa shape index (κ1) is 24.6. The molecule has 0 radical (unpaired) electrons. The van der Waals surface area contributed by atoms with Gasteiger partial charge in [0.25, 0.3) is 0 Å². The van der Waals surface area contributed by atoms with E-state index in [1.54, 1.807) is 43.5 Å². The SMILES string of the molecule is COc1ccc(Cn2nnc(C(=O)O)c2COc2ccc(-c3ccc(OC(F)(F)F)cc3)cc2)cc1. The van der Waals surface area contributed by atoms with Crippen molar-refractivity contribution in [1.82, 2.24) is 15.0 Å². The third-order valence-electron chi connectivity index (χ3n) is 5.18. The van der Waals surface area contributed by atoms with E-state index in [0.717, 1.165) is 11.1 Å². The van der Waals surface area contributed by atoms with Crippen molar-refractivity contribution >= 4 is 5.97 Å². The van der Waals surface area contributed by atoms with Gasteiger partial charge in [-0.3, -0.25) is 0 Å². The fourth-order valence-electron chi connectivity index (χ4n) is 3.42. The topological polar surface area (TPSA) is 95.7 Å². The Labute approximate surface area is 203 Å². The lowest BCUT2D eigenvalue weighted by Crippen LogP contribution is -2.16. The number of alkyl halides is 3. The average molecular weight is 499 g/mol. The number of carboxylic acid groups (broad SMARTS) is 1. The zero-order chi connectivity index (χ0) is 25.7. The van der Waals surface area contributed by atoms with Crippen molar-refractivity contribution in [3.63, 3.8) is 0 Å². The van der Waals surface area contributed by atoms with Crippen LogP contribution in [-0.4, -0.2) is 39.5 Å². The Hall–Kier alpha value is -4.54. The van der Waals surface area contributed by atoms with Crippen LogP contribution in [0.25, 0.3) is 11.1 Å². The average Bonchev–Trinajstić information content (AvgIpc) is 3.26. The minimum absolute atomic E-state index is 0.0897. The summed E-state index contributed by atoms with van der Waals surface area (Å²) in [5.41, 5.74) is 2.39. The Morgan fingerprint density at radius 1 is 0.889 bits per heavy atom. The third kappa shape index (κ3) is 6.12. The molecule has 0 amide bonds. The highest BCUT2D eigenvalue weighted by atomic mass is 19.4. The molecule has 0 aliphatic carbocycles. The van der Waals surface area contributed by atoms with Crippen LogP contribution in [0, 0.1) is 0 Å². The summed E-state index contributed by atoms with van der Waals surface area (Å²) >= 11 is 0. The molecule has 1 aromatic heterocycles. The van der Waals surface area contributed by atoms with Crippen molar-refractivity contribution in [3.8, 4) is 28.4 Å². The second kappa shape index (κ2) is 10.4. The molecule has 0 atom stereocenters. The zero-order valence-electron chi connectivity index (χ0n) is 18.9. The first-order valence-corrected chi connectivity index (χ1v) is 10.6. The highest BCUT2D eigenvalue weighted by Gasteiger charge is 2.31. The van der Waals surface area contributed by atoms with Crippen molar-refractivity contribution in [3.05, 3.63) is 89.7 Å². The number of carbonyl (C=O) groups is 1. The second-order valence-electron chi connectivity index (χ2n) is 7.58. The number of aromatic carboxylic acids is 1. The molecule has 186 valence electrons. The van der Waals surface area contributed by atoms with Gasteiger partial charge in [-0.05, 0) is 53.1 Å². The number of halogens is 3. The maximum Gasteiger partial charge on any atom is 0.573 e.